The van der Waals surface area contributed by atoms with Gasteiger partial charge in [-0.15, -0.1) is 5.10 Å². The molecule has 18 heavy (non-hydrogen) atoms. The predicted octanol–water partition coefficient (Wildman–Crippen LogP) is 0.894. The second kappa shape index (κ2) is 7.10. The van der Waals surface area contributed by atoms with E-state index in [4.69, 9.17) is 0 Å². The van der Waals surface area contributed by atoms with Crippen LogP contribution in [0.3, 0.4) is 0 Å². The molecule has 1 aromatic rings. The SMILES string of the molecule is CCCc1nc(C(=O)NCC(O)CC(C)C)n[nH]1. The highest BCUT2D eigenvalue weighted by molar-refractivity contribution is 5.90. The zero-order valence-corrected chi connectivity index (χ0v) is 11.2. The Morgan fingerprint density at radius 3 is 2.83 bits per heavy atom. The lowest BCUT2D eigenvalue weighted by Crippen LogP contribution is -2.33. The van der Waals surface area contributed by atoms with Gasteiger partial charge < -0.3 is 10.4 Å². The summed E-state index contributed by atoms with van der Waals surface area (Å²) in [4.78, 5) is 15.8. The molecule has 0 bridgehead atoms. The van der Waals surface area contributed by atoms with E-state index >= 15 is 0 Å². The van der Waals surface area contributed by atoms with Crippen LogP contribution in [0, 0.1) is 5.92 Å². The fraction of sp³-hybridized carbons (Fsp3) is 0.750. The Morgan fingerprint density at radius 1 is 1.50 bits per heavy atom. The number of hydrogen-bond acceptors (Lipinski definition) is 4. The third-order valence-corrected chi connectivity index (χ3v) is 2.46. The van der Waals surface area contributed by atoms with Gasteiger partial charge in [-0.05, 0) is 18.8 Å². The number of carbonyl (C=O) groups excluding carboxylic acids is 1. The number of H-pyrrole nitrogens is 1. The van der Waals surface area contributed by atoms with Gasteiger partial charge in [-0.1, -0.05) is 20.8 Å². The molecule has 1 unspecified atom stereocenters. The molecule has 1 rings (SSSR count). The van der Waals surface area contributed by atoms with Gasteiger partial charge in [-0.2, -0.15) is 0 Å². The van der Waals surface area contributed by atoms with Gasteiger partial charge in [0.05, 0.1) is 6.10 Å². The molecule has 0 aromatic carbocycles. The molecule has 1 heterocycles. The number of carbonyl (C=O) groups is 1. The third kappa shape index (κ3) is 4.83. The Hall–Kier alpha value is -1.43. The number of aromatic amines is 1. The highest BCUT2D eigenvalue weighted by Crippen LogP contribution is 2.03. The number of nitrogens with one attached hydrogen (secondary N) is 2. The van der Waals surface area contributed by atoms with Crippen LogP contribution in [0.1, 0.15) is 50.1 Å². The lowest BCUT2D eigenvalue weighted by molar-refractivity contribution is 0.0890. The Labute approximate surface area is 107 Å². The summed E-state index contributed by atoms with van der Waals surface area (Å²) in [5.41, 5.74) is 0. The summed E-state index contributed by atoms with van der Waals surface area (Å²) < 4.78 is 0. The molecule has 6 heteroatoms. The molecule has 0 aliphatic heterocycles. The first-order valence-corrected chi connectivity index (χ1v) is 6.40. The Morgan fingerprint density at radius 2 is 2.22 bits per heavy atom. The maximum atomic E-state index is 11.7. The highest BCUT2D eigenvalue weighted by Gasteiger charge is 2.14. The minimum Gasteiger partial charge on any atom is -0.391 e. The fourth-order valence-corrected chi connectivity index (χ4v) is 1.66. The van der Waals surface area contributed by atoms with Gasteiger partial charge in [0, 0.05) is 13.0 Å². The molecule has 0 spiro atoms. The smallest absolute Gasteiger partial charge is 0.291 e. The standard InChI is InChI=1S/C12H22N4O2/c1-4-5-10-14-11(16-15-10)12(18)13-7-9(17)6-8(2)3/h8-9,17H,4-7H2,1-3H3,(H,13,18)(H,14,15,16). The van der Waals surface area contributed by atoms with Crippen LogP contribution < -0.4 is 5.32 Å². The number of nitrogens with zero attached hydrogens (tertiary/aromatic N) is 2. The van der Waals surface area contributed by atoms with Gasteiger partial charge in [-0.25, -0.2) is 4.98 Å². The summed E-state index contributed by atoms with van der Waals surface area (Å²) in [5, 5.41) is 18.8. The second-order valence-corrected chi connectivity index (χ2v) is 4.85. The van der Waals surface area contributed by atoms with Crippen molar-refractivity contribution in [3.05, 3.63) is 11.6 Å². The minimum absolute atomic E-state index is 0.134. The van der Waals surface area contributed by atoms with Crippen LogP contribution in [-0.4, -0.2) is 38.8 Å². The molecule has 102 valence electrons. The molecule has 0 radical (unpaired) electrons. The first-order chi connectivity index (χ1) is 8.52. The van der Waals surface area contributed by atoms with E-state index in [0.717, 1.165) is 12.8 Å². The third-order valence-electron chi connectivity index (χ3n) is 2.46. The maximum absolute atomic E-state index is 11.7. The average Bonchev–Trinajstić information content (AvgIpc) is 2.74. The summed E-state index contributed by atoms with van der Waals surface area (Å²) in [6, 6.07) is 0. The molecule has 1 aromatic heterocycles. The van der Waals surface area contributed by atoms with E-state index in [1.807, 2.05) is 20.8 Å². The maximum Gasteiger partial charge on any atom is 0.291 e. The van der Waals surface area contributed by atoms with Crippen molar-refractivity contribution in [1.29, 1.82) is 0 Å². The summed E-state index contributed by atoms with van der Waals surface area (Å²) in [6.07, 6.45) is 1.86. The van der Waals surface area contributed by atoms with Crippen LogP contribution in [0.2, 0.25) is 0 Å². The first kappa shape index (κ1) is 14.6. The molecule has 1 atom stereocenters. The van der Waals surface area contributed by atoms with E-state index in [1.165, 1.54) is 0 Å². The van der Waals surface area contributed by atoms with E-state index in [-0.39, 0.29) is 18.3 Å². The van der Waals surface area contributed by atoms with Crippen molar-refractivity contribution in [3.8, 4) is 0 Å². The van der Waals surface area contributed by atoms with Gasteiger partial charge >= 0.3 is 0 Å². The fourth-order valence-electron chi connectivity index (χ4n) is 1.66. The van der Waals surface area contributed by atoms with Gasteiger partial charge in [0.1, 0.15) is 5.82 Å². The van der Waals surface area contributed by atoms with Crippen LogP contribution in [0.15, 0.2) is 0 Å². The topological polar surface area (TPSA) is 90.9 Å². The van der Waals surface area contributed by atoms with Crippen molar-refractivity contribution in [1.82, 2.24) is 20.5 Å². The van der Waals surface area contributed by atoms with Crippen molar-refractivity contribution < 1.29 is 9.90 Å². The van der Waals surface area contributed by atoms with E-state index in [1.54, 1.807) is 0 Å². The zero-order chi connectivity index (χ0) is 13.5. The largest absolute Gasteiger partial charge is 0.391 e. The number of rotatable bonds is 7. The zero-order valence-electron chi connectivity index (χ0n) is 11.2. The number of amides is 1. The molecular weight excluding hydrogens is 232 g/mol. The summed E-state index contributed by atoms with van der Waals surface area (Å²) >= 11 is 0. The monoisotopic (exact) mass is 254 g/mol. The van der Waals surface area contributed by atoms with Crippen LogP contribution in [0.25, 0.3) is 0 Å². The highest BCUT2D eigenvalue weighted by atomic mass is 16.3. The van der Waals surface area contributed by atoms with Crippen LogP contribution in [-0.2, 0) is 6.42 Å². The van der Waals surface area contributed by atoms with Crippen molar-refractivity contribution in [2.45, 2.75) is 46.1 Å². The lowest BCUT2D eigenvalue weighted by atomic mass is 10.1. The van der Waals surface area contributed by atoms with E-state index in [9.17, 15) is 9.90 Å². The number of hydrogen-bond donors (Lipinski definition) is 3. The molecule has 0 fully saturated rings. The molecule has 0 aliphatic carbocycles. The summed E-state index contributed by atoms with van der Waals surface area (Å²) in [6.45, 7) is 6.31. The van der Waals surface area contributed by atoms with Crippen molar-refractivity contribution in [2.75, 3.05) is 6.54 Å². The van der Waals surface area contributed by atoms with Crippen molar-refractivity contribution in [3.63, 3.8) is 0 Å². The minimum atomic E-state index is -0.525. The molecular formula is C12H22N4O2. The van der Waals surface area contributed by atoms with E-state index < -0.39 is 6.10 Å². The molecule has 0 saturated heterocycles. The van der Waals surface area contributed by atoms with Crippen molar-refractivity contribution in [2.24, 2.45) is 5.92 Å². The Bertz CT molecular complexity index is 376. The molecule has 3 N–H and O–H groups in total. The average molecular weight is 254 g/mol. The number of aliphatic hydroxyl groups is 1. The molecule has 0 aliphatic rings. The normalized spacial score (nSPS) is 12.7. The van der Waals surface area contributed by atoms with Gasteiger partial charge in [-0.3, -0.25) is 9.89 Å². The molecule has 0 saturated carbocycles. The second-order valence-electron chi connectivity index (χ2n) is 4.85. The number of aryl methyl sites for hydroxylation is 1. The summed E-state index contributed by atoms with van der Waals surface area (Å²) in [5.74, 6) is 0.897. The van der Waals surface area contributed by atoms with Crippen molar-refractivity contribution >= 4 is 5.91 Å². The summed E-state index contributed by atoms with van der Waals surface area (Å²) in [7, 11) is 0. The van der Waals surface area contributed by atoms with Crippen LogP contribution in [0.5, 0.6) is 0 Å². The van der Waals surface area contributed by atoms with E-state index in [2.05, 4.69) is 20.5 Å². The van der Waals surface area contributed by atoms with E-state index in [0.29, 0.717) is 18.2 Å². The van der Waals surface area contributed by atoms with Gasteiger partial charge in [0.25, 0.3) is 5.91 Å². The number of aromatic nitrogens is 3. The van der Waals surface area contributed by atoms with Crippen LogP contribution >= 0.6 is 0 Å². The molecule has 1 amide bonds. The first-order valence-electron chi connectivity index (χ1n) is 6.40. The number of aliphatic hydroxyl groups excluding tert-OH is 1. The Kier molecular flexibility index (Phi) is 5.77. The molecule has 6 nitrogen and oxygen atoms in total. The predicted molar refractivity (Wildman–Crippen MR) is 68.2 cm³/mol. The quantitative estimate of drug-likeness (QED) is 0.674. The Balaban J connectivity index is 2.40. The van der Waals surface area contributed by atoms with Gasteiger partial charge in [0.15, 0.2) is 0 Å². The lowest BCUT2D eigenvalue weighted by Gasteiger charge is -2.12. The van der Waals surface area contributed by atoms with Crippen LogP contribution in [0.4, 0.5) is 0 Å². The van der Waals surface area contributed by atoms with Gasteiger partial charge in [0.2, 0.25) is 5.82 Å².